The summed E-state index contributed by atoms with van der Waals surface area (Å²) in [7, 11) is 4.44. The van der Waals surface area contributed by atoms with Crippen molar-refractivity contribution in [3.8, 4) is 0 Å². The van der Waals surface area contributed by atoms with Gasteiger partial charge in [-0.2, -0.15) is 0 Å². The molecular weight excluding hydrogens is 172 g/mol. The molecule has 0 aliphatic heterocycles. The Balaban J connectivity index is 1.76. The predicted molar refractivity (Wildman–Crippen MR) is 60.5 cm³/mol. The Morgan fingerprint density at radius 1 is 0.929 bits per heavy atom. The smallest absolute Gasteiger partial charge is 0.00963 e. The van der Waals surface area contributed by atoms with Crippen LogP contribution in [0.1, 0.15) is 44.9 Å². The highest BCUT2D eigenvalue weighted by atomic mass is 15.2. The zero-order chi connectivity index (χ0) is 9.97. The molecule has 0 spiro atoms. The summed E-state index contributed by atoms with van der Waals surface area (Å²) in [6.07, 6.45) is 9.90. The normalized spacial score (nSPS) is 34.5. The molecule has 1 N–H and O–H groups in total. The summed E-state index contributed by atoms with van der Waals surface area (Å²) in [6.45, 7) is 0. The van der Waals surface area contributed by atoms with Crippen LogP contribution in [0.4, 0.5) is 0 Å². The molecule has 2 fully saturated rings. The van der Waals surface area contributed by atoms with Crippen LogP contribution < -0.4 is 5.32 Å². The van der Waals surface area contributed by atoms with Gasteiger partial charge in [-0.1, -0.05) is 6.42 Å². The lowest BCUT2D eigenvalue weighted by Crippen LogP contribution is -2.47. The van der Waals surface area contributed by atoms with Crippen LogP contribution in [0.3, 0.4) is 0 Å². The van der Waals surface area contributed by atoms with Crippen LogP contribution in [-0.4, -0.2) is 37.1 Å². The average molecular weight is 196 g/mol. The van der Waals surface area contributed by atoms with Crippen molar-refractivity contribution in [1.29, 1.82) is 0 Å². The molecule has 0 aromatic heterocycles. The molecule has 0 aromatic carbocycles. The molecular formula is C12H24N2. The Bertz CT molecular complexity index is 169. The zero-order valence-electron chi connectivity index (χ0n) is 9.63. The van der Waals surface area contributed by atoms with Crippen molar-refractivity contribution < 1.29 is 0 Å². The minimum atomic E-state index is 0.793. The van der Waals surface area contributed by atoms with Gasteiger partial charge in [0.2, 0.25) is 0 Å². The Morgan fingerprint density at radius 2 is 1.50 bits per heavy atom. The summed E-state index contributed by atoms with van der Waals surface area (Å²) < 4.78 is 0. The fourth-order valence-electron chi connectivity index (χ4n) is 2.86. The van der Waals surface area contributed by atoms with Crippen LogP contribution in [0.5, 0.6) is 0 Å². The molecule has 0 bridgehead atoms. The number of nitrogens with one attached hydrogen (secondary N) is 1. The van der Waals surface area contributed by atoms with E-state index < -0.39 is 0 Å². The largest absolute Gasteiger partial charge is 0.317 e. The van der Waals surface area contributed by atoms with E-state index in [-0.39, 0.29) is 0 Å². The first-order chi connectivity index (χ1) is 6.81. The van der Waals surface area contributed by atoms with Gasteiger partial charge >= 0.3 is 0 Å². The van der Waals surface area contributed by atoms with E-state index in [4.69, 9.17) is 0 Å². The number of hydrogen-bond acceptors (Lipinski definition) is 2. The highest BCUT2D eigenvalue weighted by Crippen LogP contribution is 2.30. The van der Waals surface area contributed by atoms with Gasteiger partial charge < -0.3 is 10.2 Å². The summed E-state index contributed by atoms with van der Waals surface area (Å²) in [5, 5.41) is 3.40. The summed E-state index contributed by atoms with van der Waals surface area (Å²) in [5.41, 5.74) is 0. The lowest BCUT2D eigenvalue weighted by atomic mass is 9.85. The quantitative estimate of drug-likeness (QED) is 0.743. The van der Waals surface area contributed by atoms with E-state index in [0.29, 0.717) is 0 Å². The molecule has 2 rings (SSSR count). The van der Waals surface area contributed by atoms with Crippen LogP contribution in [0.2, 0.25) is 0 Å². The van der Waals surface area contributed by atoms with Gasteiger partial charge in [-0.05, 0) is 52.6 Å². The van der Waals surface area contributed by atoms with Crippen LogP contribution in [0.25, 0.3) is 0 Å². The molecule has 0 unspecified atom stereocenters. The average Bonchev–Trinajstić information content (AvgIpc) is 2.15. The van der Waals surface area contributed by atoms with Crippen LogP contribution in [-0.2, 0) is 0 Å². The summed E-state index contributed by atoms with van der Waals surface area (Å²) in [5.74, 6) is 0. The molecule has 2 saturated carbocycles. The molecule has 14 heavy (non-hydrogen) atoms. The maximum Gasteiger partial charge on any atom is 0.00963 e. The van der Waals surface area contributed by atoms with Gasteiger partial charge in [0.25, 0.3) is 0 Å². The first kappa shape index (κ1) is 10.4. The van der Waals surface area contributed by atoms with E-state index in [9.17, 15) is 0 Å². The van der Waals surface area contributed by atoms with Gasteiger partial charge in [-0.25, -0.2) is 0 Å². The summed E-state index contributed by atoms with van der Waals surface area (Å²) >= 11 is 0. The predicted octanol–water partition coefficient (Wildman–Crippen LogP) is 2.00. The molecule has 82 valence electrons. The van der Waals surface area contributed by atoms with Crippen molar-refractivity contribution in [1.82, 2.24) is 10.2 Å². The first-order valence-corrected chi connectivity index (χ1v) is 6.20. The van der Waals surface area contributed by atoms with Crippen LogP contribution in [0.15, 0.2) is 0 Å². The van der Waals surface area contributed by atoms with Gasteiger partial charge in [0.05, 0.1) is 0 Å². The second kappa shape index (κ2) is 4.63. The molecule has 0 heterocycles. The maximum absolute atomic E-state index is 3.40. The molecule has 0 radical (unpaired) electrons. The fourth-order valence-corrected chi connectivity index (χ4v) is 2.86. The molecule has 2 aliphatic rings. The lowest BCUT2D eigenvalue weighted by Gasteiger charge is -2.42. The van der Waals surface area contributed by atoms with Crippen LogP contribution >= 0.6 is 0 Å². The fraction of sp³-hybridized carbons (Fsp3) is 1.00. The minimum Gasteiger partial charge on any atom is -0.317 e. The van der Waals surface area contributed by atoms with Gasteiger partial charge in [-0.15, -0.1) is 0 Å². The van der Waals surface area contributed by atoms with Crippen LogP contribution in [0, 0.1) is 0 Å². The number of hydrogen-bond donors (Lipinski definition) is 1. The van der Waals surface area contributed by atoms with E-state index in [0.717, 1.165) is 18.1 Å². The molecule has 2 aliphatic carbocycles. The maximum atomic E-state index is 3.40. The molecule has 0 atom stereocenters. The van der Waals surface area contributed by atoms with E-state index in [2.05, 4.69) is 24.3 Å². The van der Waals surface area contributed by atoms with Gasteiger partial charge in [-0.3, -0.25) is 0 Å². The second-order valence-electron chi connectivity index (χ2n) is 5.04. The highest BCUT2D eigenvalue weighted by Gasteiger charge is 2.29. The topological polar surface area (TPSA) is 15.3 Å². The highest BCUT2D eigenvalue weighted by molar-refractivity contribution is 4.86. The Hall–Kier alpha value is -0.0800. The monoisotopic (exact) mass is 196 g/mol. The van der Waals surface area contributed by atoms with Crippen molar-refractivity contribution in [2.75, 3.05) is 14.1 Å². The third-order valence-electron chi connectivity index (χ3n) is 4.33. The van der Waals surface area contributed by atoms with Gasteiger partial charge in [0.15, 0.2) is 0 Å². The van der Waals surface area contributed by atoms with Crippen molar-refractivity contribution in [2.24, 2.45) is 0 Å². The summed E-state index contributed by atoms with van der Waals surface area (Å²) in [6, 6.07) is 2.59. The molecule has 0 aromatic rings. The van der Waals surface area contributed by atoms with E-state index in [1.165, 1.54) is 44.9 Å². The zero-order valence-corrected chi connectivity index (χ0v) is 9.63. The van der Waals surface area contributed by atoms with E-state index in [1.807, 2.05) is 0 Å². The SMILES string of the molecule is CNC1CCC(N(C)C2CCC2)CC1. The van der Waals surface area contributed by atoms with Gasteiger partial charge in [0.1, 0.15) is 0 Å². The number of rotatable bonds is 3. The Kier molecular flexibility index (Phi) is 3.45. The molecule has 0 saturated heterocycles. The van der Waals surface area contributed by atoms with E-state index >= 15 is 0 Å². The third kappa shape index (κ3) is 2.12. The first-order valence-electron chi connectivity index (χ1n) is 6.20. The standard InChI is InChI=1S/C12H24N2/c1-13-10-6-8-12(9-7-10)14(2)11-4-3-5-11/h10-13H,3-9H2,1-2H3. The van der Waals surface area contributed by atoms with Gasteiger partial charge in [0, 0.05) is 18.1 Å². The van der Waals surface area contributed by atoms with Crippen molar-refractivity contribution in [3.05, 3.63) is 0 Å². The minimum absolute atomic E-state index is 0.793. The molecule has 2 heteroatoms. The van der Waals surface area contributed by atoms with Crippen molar-refractivity contribution in [2.45, 2.75) is 63.1 Å². The van der Waals surface area contributed by atoms with E-state index in [1.54, 1.807) is 0 Å². The third-order valence-corrected chi connectivity index (χ3v) is 4.33. The molecule has 0 amide bonds. The Labute approximate surface area is 88.1 Å². The van der Waals surface area contributed by atoms with Crippen molar-refractivity contribution in [3.63, 3.8) is 0 Å². The number of nitrogens with zero attached hydrogens (tertiary/aromatic N) is 1. The summed E-state index contributed by atoms with van der Waals surface area (Å²) in [4.78, 5) is 2.66. The Morgan fingerprint density at radius 3 is 1.93 bits per heavy atom. The second-order valence-corrected chi connectivity index (χ2v) is 5.04. The lowest BCUT2D eigenvalue weighted by molar-refractivity contribution is 0.0823. The molecule has 2 nitrogen and oxygen atoms in total. The van der Waals surface area contributed by atoms with Crippen molar-refractivity contribution >= 4 is 0 Å².